The molecule has 0 aliphatic carbocycles. The SMILES string of the molecule is COc1cc(O)c(C(=O)/C=C/c2ccc3occc3c2)c(C[C@@H]2O[C@H](CO)[C@@H](O)[C@H](O)[C@H]2O)c1. The molecule has 0 bridgehead atoms. The Morgan fingerprint density at radius 3 is 2.56 bits per heavy atom. The van der Waals surface area contributed by atoms with Crippen LogP contribution in [-0.2, 0) is 11.2 Å². The van der Waals surface area contributed by atoms with Crippen molar-refractivity contribution in [2.24, 2.45) is 0 Å². The van der Waals surface area contributed by atoms with Gasteiger partial charge in [-0.3, -0.25) is 4.79 Å². The van der Waals surface area contributed by atoms with Crippen molar-refractivity contribution in [2.75, 3.05) is 13.7 Å². The first kappa shape index (κ1) is 23.9. The number of fused-ring (bicyclic) bond motifs is 1. The van der Waals surface area contributed by atoms with E-state index in [2.05, 4.69) is 0 Å². The number of carbonyl (C=O) groups is 1. The molecule has 1 aliphatic rings. The minimum atomic E-state index is -1.55. The molecule has 0 amide bonds. The van der Waals surface area contributed by atoms with Gasteiger partial charge in [-0.1, -0.05) is 12.1 Å². The van der Waals surface area contributed by atoms with Gasteiger partial charge in [0.2, 0.25) is 0 Å². The molecule has 0 unspecified atom stereocenters. The summed E-state index contributed by atoms with van der Waals surface area (Å²) in [6.45, 7) is -0.569. The molecule has 5 atom stereocenters. The van der Waals surface area contributed by atoms with Crippen LogP contribution >= 0.6 is 0 Å². The Hall–Kier alpha value is -3.21. The van der Waals surface area contributed by atoms with Gasteiger partial charge in [0.25, 0.3) is 0 Å². The molecule has 9 heteroatoms. The normalized spacial score (nSPS) is 25.1. The summed E-state index contributed by atoms with van der Waals surface area (Å²) in [4.78, 5) is 13.1. The van der Waals surface area contributed by atoms with Crippen molar-refractivity contribution in [2.45, 2.75) is 36.9 Å². The molecule has 4 rings (SSSR count). The average Bonchev–Trinajstić information content (AvgIpc) is 3.30. The van der Waals surface area contributed by atoms with Gasteiger partial charge in [0.05, 0.1) is 31.6 Å². The number of benzene rings is 2. The minimum Gasteiger partial charge on any atom is -0.507 e. The highest BCUT2D eigenvalue weighted by molar-refractivity contribution is 6.09. The number of ether oxygens (including phenoxy) is 2. The molecule has 1 aliphatic heterocycles. The number of carbonyl (C=O) groups excluding carboxylic acids is 1. The second kappa shape index (κ2) is 9.96. The van der Waals surface area contributed by atoms with E-state index in [4.69, 9.17) is 13.9 Å². The lowest BCUT2D eigenvalue weighted by Gasteiger charge is -2.40. The van der Waals surface area contributed by atoms with Crippen molar-refractivity contribution in [3.63, 3.8) is 0 Å². The highest BCUT2D eigenvalue weighted by Crippen LogP contribution is 2.32. The smallest absolute Gasteiger partial charge is 0.189 e. The number of ketones is 1. The first-order chi connectivity index (χ1) is 16.3. The van der Waals surface area contributed by atoms with Gasteiger partial charge in [-0.05, 0) is 41.5 Å². The number of hydrogen-bond acceptors (Lipinski definition) is 9. The van der Waals surface area contributed by atoms with Gasteiger partial charge in [-0.2, -0.15) is 0 Å². The van der Waals surface area contributed by atoms with Crippen LogP contribution < -0.4 is 4.74 Å². The van der Waals surface area contributed by atoms with Crippen LogP contribution in [0.2, 0.25) is 0 Å². The fourth-order valence-corrected chi connectivity index (χ4v) is 4.13. The largest absolute Gasteiger partial charge is 0.507 e. The van der Waals surface area contributed by atoms with E-state index in [1.165, 1.54) is 25.3 Å². The number of methoxy groups -OCH3 is 1. The van der Waals surface area contributed by atoms with Crippen molar-refractivity contribution in [3.05, 3.63) is 65.4 Å². The predicted molar refractivity (Wildman–Crippen MR) is 122 cm³/mol. The van der Waals surface area contributed by atoms with Crippen LogP contribution in [0.4, 0.5) is 0 Å². The number of aliphatic hydroxyl groups is 4. The van der Waals surface area contributed by atoms with E-state index < -0.39 is 42.9 Å². The van der Waals surface area contributed by atoms with E-state index in [0.717, 1.165) is 16.5 Å². The summed E-state index contributed by atoms with van der Waals surface area (Å²) >= 11 is 0. The third-order valence-electron chi connectivity index (χ3n) is 5.97. The van der Waals surface area contributed by atoms with Gasteiger partial charge in [-0.15, -0.1) is 0 Å². The Labute approximate surface area is 195 Å². The monoisotopic (exact) mass is 470 g/mol. The van der Waals surface area contributed by atoms with E-state index in [9.17, 15) is 30.3 Å². The molecular weight excluding hydrogens is 444 g/mol. The van der Waals surface area contributed by atoms with Gasteiger partial charge >= 0.3 is 0 Å². The third-order valence-corrected chi connectivity index (χ3v) is 5.97. The molecule has 34 heavy (non-hydrogen) atoms. The Bertz CT molecular complexity index is 1200. The topological polar surface area (TPSA) is 150 Å². The lowest BCUT2D eigenvalue weighted by Crippen LogP contribution is -2.59. The first-order valence-corrected chi connectivity index (χ1v) is 10.7. The number of aromatic hydroxyl groups is 1. The zero-order valence-electron chi connectivity index (χ0n) is 18.4. The molecule has 0 radical (unpaired) electrons. The number of aliphatic hydroxyl groups excluding tert-OH is 4. The standard InChI is InChI=1S/C25H26O9/c1-32-16-9-15(10-20-23(29)25(31)24(30)21(12-26)34-20)22(18(28)11-16)17(27)4-2-13-3-5-19-14(8-13)6-7-33-19/h2-9,11,20-21,23-26,28-31H,10,12H2,1H3/b4-2+/t20-,21+,23-,24+,25+/m0/s1. The molecular formula is C25H26O9. The Morgan fingerprint density at radius 1 is 1.06 bits per heavy atom. The Balaban J connectivity index is 1.64. The van der Waals surface area contributed by atoms with Crippen LogP contribution in [0, 0.1) is 0 Å². The fourth-order valence-electron chi connectivity index (χ4n) is 4.13. The first-order valence-electron chi connectivity index (χ1n) is 10.7. The molecule has 2 aromatic carbocycles. The molecule has 9 nitrogen and oxygen atoms in total. The summed E-state index contributed by atoms with van der Waals surface area (Å²) in [6.07, 6.45) is -2.26. The van der Waals surface area contributed by atoms with Gasteiger partial charge in [0, 0.05) is 17.9 Å². The lowest BCUT2D eigenvalue weighted by atomic mass is 9.89. The zero-order chi connectivity index (χ0) is 24.4. The second-order valence-electron chi connectivity index (χ2n) is 8.17. The summed E-state index contributed by atoms with van der Waals surface area (Å²) in [5.41, 5.74) is 1.77. The number of furan rings is 1. The van der Waals surface area contributed by atoms with Crippen molar-refractivity contribution < 1.29 is 44.2 Å². The molecule has 3 aromatic rings. The molecule has 180 valence electrons. The lowest BCUT2D eigenvalue weighted by molar-refractivity contribution is -0.228. The van der Waals surface area contributed by atoms with Crippen LogP contribution in [-0.4, -0.2) is 75.6 Å². The van der Waals surface area contributed by atoms with E-state index in [1.54, 1.807) is 24.5 Å². The van der Waals surface area contributed by atoms with E-state index in [0.29, 0.717) is 5.56 Å². The Kier molecular flexibility index (Phi) is 7.01. The molecule has 1 aromatic heterocycles. The minimum absolute atomic E-state index is 0.0154. The van der Waals surface area contributed by atoms with Crippen LogP contribution in [0.1, 0.15) is 21.5 Å². The van der Waals surface area contributed by atoms with E-state index >= 15 is 0 Å². The molecule has 0 spiro atoms. The molecule has 1 saturated heterocycles. The van der Waals surface area contributed by atoms with Gasteiger partial charge in [0.1, 0.15) is 41.5 Å². The number of allylic oxidation sites excluding steroid dienone is 1. The summed E-state index contributed by atoms with van der Waals surface area (Å²) < 4.78 is 16.1. The summed E-state index contributed by atoms with van der Waals surface area (Å²) in [5.74, 6) is -0.533. The van der Waals surface area contributed by atoms with Crippen molar-refractivity contribution >= 4 is 22.8 Å². The van der Waals surface area contributed by atoms with Gasteiger partial charge in [-0.25, -0.2) is 0 Å². The summed E-state index contributed by atoms with van der Waals surface area (Å²) in [7, 11) is 1.40. The molecule has 0 saturated carbocycles. The van der Waals surface area contributed by atoms with Crippen molar-refractivity contribution in [3.8, 4) is 11.5 Å². The molecule has 1 fully saturated rings. The summed E-state index contributed by atoms with van der Waals surface area (Å²) in [6, 6.07) is 10.1. The van der Waals surface area contributed by atoms with Crippen molar-refractivity contribution in [1.29, 1.82) is 0 Å². The average molecular weight is 470 g/mol. The quantitative estimate of drug-likeness (QED) is 0.255. The van der Waals surface area contributed by atoms with Crippen LogP contribution in [0.25, 0.3) is 17.0 Å². The van der Waals surface area contributed by atoms with Gasteiger partial charge in [0.15, 0.2) is 5.78 Å². The summed E-state index contributed by atoms with van der Waals surface area (Å²) in [5, 5.41) is 51.4. The number of hydrogen-bond donors (Lipinski definition) is 5. The fraction of sp³-hybridized carbons (Fsp3) is 0.320. The number of phenols is 1. The maximum Gasteiger partial charge on any atom is 0.189 e. The van der Waals surface area contributed by atoms with Gasteiger partial charge < -0.3 is 39.4 Å². The highest BCUT2D eigenvalue weighted by atomic mass is 16.5. The zero-order valence-corrected chi connectivity index (χ0v) is 18.4. The maximum atomic E-state index is 13.1. The van der Waals surface area contributed by atoms with E-state index in [1.807, 2.05) is 12.1 Å². The second-order valence-corrected chi connectivity index (χ2v) is 8.17. The highest BCUT2D eigenvalue weighted by Gasteiger charge is 2.43. The molecule has 5 N–H and O–H groups in total. The third kappa shape index (κ3) is 4.70. The van der Waals surface area contributed by atoms with Crippen LogP contribution in [0.15, 0.2) is 53.2 Å². The number of phenolic OH excluding ortho intramolecular Hbond substituents is 1. The van der Waals surface area contributed by atoms with Crippen molar-refractivity contribution in [1.82, 2.24) is 0 Å². The van der Waals surface area contributed by atoms with Crippen LogP contribution in [0.5, 0.6) is 11.5 Å². The van der Waals surface area contributed by atoms with Crippen LogP contribution in [0.3, 0.4) is 0 Å². The van der Waals surface area contributed by atoms with E-state index in [-0.39, 0.29) is 23.5 Å². The molecule has 2 heterocycles. The Morgan fingerprint density at radius 2 is 1.82 bits per heavy atom. The maximum absolute atomic E-state index is 13.1. The predicted octanol–water partition coefficient (Wildman–Crippen LogP) is 1.43. The number of rotatable bonds is 7.